The maximum Gasteiger partial charge on any atom is 0.267 e. The molecule has 1 N–H and O–H groups in total. The fraction of sp³-hybridized carbons (Fsp3) is 0.125. The van der Waals surface area contributed by atoms with Crippen molar-refractivity contribution in [3.05, 3.63) is 65.2 Å². The van der Waals surface area contributed by atoms with Crippen LogP contribution in [0, 0.1) is 0 Å². The lowest BCUT2D eigenvalue weighted by Crippen LogP contribution is -2.26. The van der Waals surface area contributed by atoms with Crippen LogP contribution in [0.1, 0.15) is 12.5 Å². The number of benzene rings is 2. The Morgan fingerprint density at radius 2 is 2.00 bits per heavy atom. The minimum atomic E-state index is -0.705. The molecule has 2 aromatic carbocycles. The second kappa shape index (κ2) is 7.45. The molecule has 1 atom stereocenters. The number of hydrogen-bond acceptors (Lipinski definition) is 3. The Hall–Kier alpha value is -2.33. The third-order valence-electron chi connectivity index (χ3n) is 2.68. The average Bonchev–Trinajstić information content (AvgIpc) is 2.48. The van der Waals surface area contributed by atoms with Gasteiger partial charge in [0.15, 0.2) is 0 Å². The summed E-state index contributed by atoms with van der Waals surface area (Å²) in [6.45, 7) is 1.63. The van der Waals surface area contributed by atoms with Crippen molar-refractivity contribution < 1.29 is 9.63 Å². The van der Waals surface area contributed by atoms with Gasteiger partial charge in [0.05, 0.1) is 6.21 Å². The maximum absolute atomic E-state index is 11.9. The highest BCUT2D eigenvalue weighted by molar-refractivity contribution is 6.30. The van der Waals surface area contributed by atoms with Crippen LogP contribution in [0.4, 0.5) is 5.69 Å². The van der Waals surface area contributed by atoms with Gasteiger partial charge in [-0.3, -0.25) is 4.79 Å². The first-order valence-corrected chi connectivity index (χ1v) is 6.83. The first-order chi connectivity index (χ1) is 10.1. The molecule has 2 rings (SSSR count). The number of nitrogens with one attached hydrogen (secondary N) is 1. The van der Waals surface area contributed by atoms with Gasteiger partial charge < -0.3 is 10.2 Å². The van der Waals surface area contributed by atoms with Gasteiger partial charge in [-0.2, -0.15) is 0 Å². The second-order valence-electron chi connectivity index (χ2n) is 4.39. The third-order valence-corrected chi connectivity index (χ3v) is 2.92. The molecule has 0 aliphatic carbocycles. The number of nitrogens with zero attached hydrogens (tertiary/aromatic N) is 1. The average molecular weight is 303 g/mol. The van der Waals surface area contributed by atoms with Gasteiger partial charge in [0.1, 0.15) is 0 Å². The lowest BCUT2D eigenvalue weighted by atomic mass is 10.2. The molecule has 5 heteroatoms. The molecule has 0 saturated heterocycles. The van der Waals surface area contributed by atoms with Crippen LogP contribution in [0.5, 0.6) is 0 Å². The minimum absolute atomic E-state index is 0.289. The number of rotatable bonds is 5. The van der Waals surface area contributed by atoms with Crippen molar-refractivity contribution in [2.75, 3.05) is 5.32 Å². The molecule has 0 bridgehead atoms. The Morgan fingerprint density at radius 1 is 1.24 bits per heavy atom. The standard InChI is InChI=1S/C16H15ClN2O2/c1-12(21-18-11-13-6-3-2-4-7-13)16(20)19-15-9-5-8-14(17)10-15/h2-12H,1H3,(H,19,20)/b18-11-/t12-/m0/s1. The van der Waals surface area contributed by atoms with Crippen molar-refractivity contribution in [3.63, 3.8) is 0 Å². The van der Waals surface area contributed by atoms with E-state index in [-0.39, 0.29) is 5.91 Å². The molecule has 0 aromatic heterocycles. The highest BCUT2D eigenvalue weighted by Gasteiger charge is 2.14. The topological polar surface area (TPSA) is 50.7 Å². The molecule has 0 unspecified atom stereocenters. The number of carbonyl (C=O) groups excluding carboxylic acids is 1. The SMILES string of the molecule is C[C@H](O/N=C\c1ccccc1)C(=O)Nc1cccc(Cl)c1. The first kappa shape index (κ1) is 15.1. The van der Waals surface area contributed by atoms with Crippen LogP contribution < -0.4 is 5.32 Å². The van der Waals surface area contributed by atoms with Crippen LogP contribution in [-0.4, -0.2) is 18.2 Å². The Morgan fingerprint density at radius 3 is 2.71 bits per heavy atom. The van der Waals surface area contributed by atoms with Crippen LogP contribution in [0.2, 0.25) is 5.02 Å². The van der Waals surface area contributed by atoms with Gasteiger partial charge in [-0.15, -0.1) is 0 Å². The Labute approximate surface area is 128 Å². The van der Waals surface area contributed by atoms with Crippen molar-refractivity contribution in [1.82, 2.24) is 0 Å². The smallest absolute Gasteiger partial charge is 0.267 e. The highest BCUT2D eigenvalue weighted by atomic mass is 35.5. The van der Waals surface area contributed by atoms with E-state index in [2.05, 4.69) is 10.5 Å². The molecule has 108 valence electrons. The summed E-state index contributed by atoms with van der Waals surface area (Å²) >= 11 is 5.85. The van der Waals surface area contributed by atoms with E-state index < -0.39 is 6.10 Å². The molecular weight excluding hydrogens is 288 g/mol. The summed E-state index contributed by atoms with van der Waals surface area (Å²) in [6.07, 6.45) is 0.854. The van der Waals surface area contributed by atoms with Gasteiger partial charge in [-0.25, -0.2) is 0 Å². The maximum atomic E-state index is 11.9. The van der Waals surface area contributed by atoms with Crippen molar-refractivity contribution in [2.45, 2.75) is 13.0 Å². The Balaban J connectivity index is 1.87. The number of carbonyl (C=O) groups is 1. The summed E-state index contributed by atoms with van der Waals surface area (Å²) < 4.78 is 0. The molecule has 2 aromatic rings. The van der Waals surface area contributed by atoms with Gasteiger partial charge in [0.2, 0.25) is 6.10 Å². The molecule has 0 heterocycles. The van der Waals surface area contributed by atoms with E-state index in [1.807, 2.05) is 30.3 Å². The molecule has 21 heavy (non-hydrogen) atoms. The summed E-state index contributed by atoms with van der Waals surface area (Å²) in [5.41, 5.74) is 1.52. The lowest BCUT2D eigenvalue weighted by Gasteiger charge is -2.10. The van der Waals surface area contributed by atoms with E-state index in [0.717, 1.165) is 5.56 Å². The molecule has 0 saturated carbocycles. The van der Waals surface area contributed by atoms with E-state index >= 15 is 0 Å². The zero-order valence-electron chi connectivity index (χ0n) is 11.5. The van der Waals surface area contributed by atoms with Crippen LogP contribution in [0.25, 0.3) is 0 Å². The number of amides is 1. The lowest BCUT2D eigenvalue weighted by molar-refractivity contribution is -0.126. The van der Waals surface area contributed by atoms with Gasteiger partial charge in [-0.1, -0.05) is 53.2 Å². The molecule has 0 aliphatic heterocycles. The second-order valence-corrected chi connectivity index (χ2v) is 4.83. The summed E-state index contributed by atoms with van der Waals surface area (Å²) in [6, 6.07) is 16.4. The summed E-state index contributed by atoms with van der Waals surface area (Å²) in [7, 11) is 0. The normalized spacial score (nSPS) is 12.1. The van der Waals surface area contributed by atoms with E-state index in [1.165, 1.54) is 0 Å². The Kier molecular flexibility index (Phi) is 5.35. The number of anilines is 1. The van der Waals surface area contributed by atoms with Crippen LogP contribution in [-0.2, 0) is 9.63 Å². The molecule has 1 amide bonds. The molecule has 0 radical (unpaired) electrons. The van der Waals surface area contributed by atoms with Gasteiger partial charge >= 0.3 is 0 Å². The quantitative estimate of drug-likeness (QED) is 0.676. The van der Waals surface area contributed by atoms with Crippen molar-refractivity contribution in [1.29, 1.82) is 0 Å². The van der Waals surface area contributed by atoms with E-state index in [4.69, 9.17) is 16.4 Å². The predicted octanol–water partition coefficient (Wildman–Crippen LogP) is 3.72. The van der Waals surface area contributed by atoms with Gasteiger partial charge in [0.25, 0.3) is 5.91 Å². The molecule has 0 spiro atoms. The van der Waals surface area contributed by atoms with Crippen LogP contribution in [0.3, 0.4) is 0 Å². The summed E-state index contributed by atoms with van der Waals surface area (Å²) in [5, 5.41) is 7.08. The molecular formula is C16H15ClN2O2. The van der Waals surface area contributed by atoms with Crippen molar-refractivity contribution >= 4 is 29.4 Å². The van der Waals surface area contributed by atoms with E-state index in [9.17, 15) is 4.79 Å². The molecule has 4 nitrogen and oxygen atoms in total. The minimum Gasteiger partial charge on any atom is -0.383 e. The fourth-order valence-corrected chi connectivity index (χ4v) is 1.77. The Bertz CT molecular complexity index is 629. The largest absolute Gasteiger partial charge is 0.383 e. The van der Waals surface area contributed by atoms with Gasteiger partial charge in [-0.05, 0) is 30.7 Å². The van der Waals surface area contributed by atoms with Crippen LogP contribution in [0.15, 0.2) is 59.8 Å². The predicted molar refractivity (Wildman–Crippen MR) is 84.7 cm³/mol. The summed E-state index contributed by atoms with van der Waals surface area (Å²) in [5.74, 6) is -0.289. The van der Waals surface area contributed by atoms with Crippen molar-refractivity contribution in [3.8, 4) is 0 Å². The van der Waals surface area contributed by atoms with Gasteiger partial charge in [0, 0.05) is 10.7 Å². The van der Waals surface area contributed by atoms with E-state index in [0.29, 0.717) is 10.7 Å². The third kappa shape index (κ3) is 4.93. The summed E-state index contributed by atoms with van der Waals surface area (Å²) in [4.78, 5) is 17.0. The van der Waals surface area contributed by atoms with Crippen molar-refractivity contribution in [2.24, 2.45) is 5.16 Å². The first-order valence-electron chi connectivity index (χ1n) is 6.46. The number of halogens is 1. The number of oxime groups is 1. The fourth-order valence-electron chi connectivity index (χ4n) is 1.58. The number of hydrogen-bond donors (Lipinski definition) is 1. The molecule has 0 fully saturated rings. The zero-order valence-corrected chi connectivity index (χ0v) is 12.2. The highest BCUT2D eigenvalue weighted by Crippen LogP contribution is 2.15. The molecule has 0 aliphatic rings. The zero-order chi connectivity index (χ0) is 15.1. The monoisotopic (exact) mass is 302 g/mol. The van der Waals surface area contributed by atoms with Crippen LogP contribution >= 0.6 is 11.6 Å². The van der Waals surface area contributed by atoms with E-state index in [1.54, 1.807) is 37.4 Å².